The number of nitrogens with one attached hydrogen (secondary N) is 1. The number of hydrogen-bond acceptors (Lipinski definition) is 3. The highest BCUT2D eigenvalue weighted by atomic mass is 35.5. The van der Waals surface area contributed by atoms with Crippen molar-refractivity contribution in [3.05, 3.63) is 53.3 Å². The van der Waals surface area contributed by atoms with Gasteiger partial charge in [0.15, 0.2) is 0 Å². The summed E-state index contributed by atoms with van der Waals surface area (Å²) in [5, 5.41) is 3.17. The van der Waals surface area contributed by atoms with Gasteiger partial charge in [-0.05, 0) is 36.6 Å². The highest BCUT2D eigenvalue weighted by Gasteiger charge is 2.10. The predicted octanol–water partition coefficient (Wildman–Crippen LogP) is 3.71. The molecule has 2 aromatic rings. The van der Waals surface area contributed by atoms with Gasteiger partial charge in [-0.2, -0.15) is 0 Å². The normalized spacial score (nSPS) is 10.1. The molecule has 0 saturated heterocycles. The number of carbonyl (C=O) groups excluding carboxylic acids is 1. The third kappa shape index (κ3) is 3.03. The molecule has 0 aliphatic rings. The molecule has 0 unspecified atom stereocenters. The van der Waals surface area contributed by atoms with E-state index in [4.69, 9.17) is 11.6 Å². The third-order valence-electron chi connectivity index (χ3n) is 2.36. The zero-order valence-electron chi connectivity index (χ0n) is 9.68. The molecule has 1 aromatic carbocycles. The van der Waals surface area contributed by atoms with Crippen LogP contribution in [0.25, 0.3) is 0 Å². The van der Waals surface area contributed by atoms with Gasteiger partial charge in [-0.25, -0.2) is 0 Å². The number of benzene rings is 1. The van der Waals surface area contributed by atoms with Crippen LogP contribution >= 0.6 is 23.4 Å². The van der Waals surface area contributed by atoms with Gasteiger partial charge < -0.3 is 5.32 Å². The first-order valence-corrected chi connectivity index (χ1v) is 6.86. The van der Waals surface area contributed by atoms with Crippen LogP contribution < -0.4 is 5.32 Å². The van der Waals surface area contributed by atoms with Gasteiger partial charge in [0.25, 0.3) is 5.91 Å². The predicted molar refractivity (Wildman–Crippen MR) is 75.4 cm³/mol. The van der Waals surface area contributed by atoms with E-state index in [0.717, 1.165) is 10.6 Å². The van der Waals surface area contributed by atoms with E-state index in [0.29, 0.717) is 10.6 Å². The molecule has 0 spiro atoms. The lowest BCUT2D eigenvalue weighted by Gasteiger charge is -2.06. The minimum atomic E-state index is -0.259. The minimum absolute atomic E-state index is 0.259. The topological polar surface area (TPSA) is 42.0 Å². The van der Waals surface area contributed by atoms with Crippen LogP contribution in [0.15, 0.2) is 47.6 Å². The maximum Gasteiger partial charge on any atom is 0.258 e. The number of pyridine rings is 1. The molecular weight excluding hydrogens is 268 g/mol. The number of nitrogens with zero attached hydrogens (tertiary/aromatic N) is 1. The number of anilines is 1. The molecule has 2 rings (SSSR count). The molecule has 1 amide bonds. The van der Waals surface area contributed by atoms with Crippen LogP contribution in [0, 0.1) is 0 Å². The lowest BCUT2D eigenvalue weighted by molar-refractivity contribution is 0.102. The molecule has 5 heteroatoms. The second-order valence-electron chi connectivity index (χ2n) is 3.54. The van der Waals surface area contributed by atoms with E-state index in [2.05, 4.69) is 10.3 Å². The molecule has 0 fully saturated rings. The van der Waals surface area contributed by atoms with E-state index < -0.39 is 0 Å². The highest BCUT2D eigenvalue weighted by molar-refractivity contribution is 7.98. The Morgan fingerprint density at radius 1 is 1.28 bits per heavy atom. The van der Waals surface area contributed by atoms with Crippen LogP contribution in [0.1, 0.15) is 10.4 Å². The molecule has 92 valence electrons. The fourth-order valence-corrected chi connectivity index (χ4v) is 2.02. The lowest BCUT2D eigenvalue weighted by Crippen LogP contribution is -2.12. The Bertz CT molecular complexity index is 557. The zero-order valence-corrected chi connectivity index (χ0v) is 11.3. The summed E-state index contributed by atoms with van der Waals surface area (Å²) in [4.78, 5) is 17.0. The summed E-state index contributed by atoms with van der Waals surface area (Å²) in [7, 11) is 0. The molecule has 0 aliphatic heterocycles. The average molecular weight is 279 g/mol. The molecule has 3 nitrogen and oxygen atoms in total. The molecule has 1 N–H and O–H groups in total. The van der Waals surface area contributed by atoms with Crippen molar-refractivity contribution >= 4 is 35.0 Å². The van der Waals surface area contributed by atoms with Crippen LogP contribution in [0.5, 0.6) is 0 Å². The van der Waals surface area contributed by atoms with Gasteiger partial charge in [0.1, 0.15) is 0 Å². The third-order valence-corrected chi connectivity index (χ3v) is 3.43. The minimum Gasteiger partial charge on any atom is -0.322 e. The molecule has 0 atom stereocenters. The Morgan fingerprint density at radius 3 is 2.61 bits per heavy atom. The lowest BCUT2D eigenvalue weighted by atomic mass is 10.2. The van der Waals surface area contributed by atoms with Crippen LogP contribution in [0.4, 0.5) is 5.69 Å². The second-order valence-corrected chi connectivity index (χ2v) is 4.82. The van der Waals surface area contributed by atoms with Gasteiger partial charge in [-0.3, -0.25) is 9.78 Å². The van der Waals surface area contributed by atoms with E-state index in [9.17, 15) is 4.79 Å². The SMILES string of the molecule is CSc1ccc(NC(=O)c2cnccc2Cl)cc1. The largest absolute Gasteiger partial charge is 0.322 e. The fourth-order valence-electron chi connectivity index (χ4n) is 1.42. The van der Waals surface area contributed by atoms with E-state index in [1.807, 2.05) is 30.5 Å². The second kappa shape index (κ2) is 5.89. The summed E-state index contributed by atoms with van der Waals surface area (Å²) in [6.07, 6.45) is 5.00. The van der Waals surface area contributed by atoms with E-state index in [1.54, 1.807) is 24.0 Å². The number of halogens is 1. The van der Waals surface area contributed by atoms with Crippen molar-refractivity contribution in [2.75, 3.05) is 11.6 Å². The van der Waals surface area contributed by atoms with Gasteiger partial charge in [0, 0.05) is 23.0 Å². The Balaban J connectivity index is 2.14. The van der Waals surface area contributed by atoms with E-state index in [1.165, 1.54) is 6.20 Å². The van der Waals surface area contributed by atoms with Crippen LogP contribution in [-0.4, -0.2) is 17.1 Å². The Labute approximate surface area is 115 Å². The van der Waals surface area contributed by atoms with Crippen LogP contribution in [-0.2, 0) is 0 Å². The van der Waals surface area contributed by atoms with Crippen molar-refractivity contribution in [2.45, 2.75) is 4.90 Å². The van der Waals surface area contributed by atoms with Gasteiger partial charge in [-0.15, -0.1) is 11.8 Å². The van der Waals surface area contributed by atoms with Gasteiger partial charge >= 0.3 is 0 Å². The van der Waals surface area contributed by atoms with Crippen LogP contribution in [0.3, 0.4) is 0 Å². The number of amides is 1. The highest BCUT2D eigenvalue weighted by Crippen LogP contribution is 2.19. The monoisotopic (exact) mass is 278 g/mol. The standard InChI is InChI=1S/C13H11ClN2OS/c1-18-10-4-2-9(3-5-10)16-13(17)11-8-15-7-6-12(11)14/h2-8H,1H3,(H,16,17). The number of rotatable bonds is 3. The molecule has 0 bridgehead atoms. The average Bonchev–Trinajstić information content (AvgIpc) is 2.40. The summed E-state index contributed by atoms with van der Waals surface area (Å²) in [5.41, 5.74) is 1.10. The van der Waals surface area contributed by atoms with Gasteiger partial charge in [-0.1, -0.05) is 11.6 Å². The maximum absolute atomic E-state index is 11.9. The summed E-state index contributed by atoms with van der Waals surface area (Å²) in [6.45, 7) is 0. The Hall–Kier alpha value is -1.52. The number of thioether (sulfide) groups is 1. The van der Waals surface area contributed by atoms with Crippen molar-refractivity contribution in [3.8, 4) is 0 Å². The van der Waals surface area contributed by atoms with E-state index >= 15 is 0 Å². The first-order valence-electron chi connectivity index (χ1n) is 5.25. The molecule has 0 saturated carbocycles. The van der Waals surface area contributed by atoms with Gasteiger partial charge in [0.2, 0.25) is 0 Å². The molecule has 0 aliphatic carbocycles. The molecule has 1 heterocycles. The first-order chi connectivity index (χ1) is 8.70. The van der Waals surface area contributed by atoms with Crippen molar-refractivity contribution in [1.29, 1.82) is 0 Å². The summed E-state index contributed by atoms with van der Waals surface area (Å²) in [6, 6.07) is 9.20. The Kier molecular flexibility index (Phi) is 4.23. The smallest absolute Gasteiger partial charge is 0.258 e. The van der Waals surface area contributed by atoms with Crippen molar-refractivity contribution in [1.82, 2.24) is 4.98 Å². The number of aromatic nitrogens is 1. The summed E-state index contributed by atoms with van der Waals surface area (Å²) < 4.78 is 0. The number of hydrogen-bond donors (Lipinski definition) is 1. The number of carbonyl (C=O) groups is 1. The molecule has 0 radical (unpaired) electrons. The molecule has 18 heavy (non-hydrogen) atoms. The fraction of sp³-hybridized carbons (Fsp3) is 0.0769. The summed E-state index contributed by atoms with van der Waals surface area (Å²) >= 11 is 7.58. The van der Waals surface area contributed by atoms with E-state index in [-0.39, 0.29) is 5.91 Å². The van der Waals surface area contributed by atoms with Gasteiger partial charge in [0.05, 0.1) is 10.6 Å². The summed E-state index contributed by atoms with van der Waals surface area (Å²) in [5.74, 6) is -0.259. The quantitative estimate of drug-likeness (QED) is 0.870. The van der Waals surface area contributed by atoms with Crippen LogP contribution in [0.2, 0.25) is 5.02 Å². The van der Waals surface area contributed by atoms with Crippen molar-refractivity contribution in [2.24, 2.45) is 0 Å². The molecular formula is C13H11ClN2OS. The Morgan fingerprint density at radius 2 is 2.00 bits per heavy atom. The molecule has 1 aromatic heterocycles. The maximum atomic E-state index is 11.9. The van der Waals surface area contributed by atoms with Crippen molar-refractivity contribution in [3.63, 3.8) is 0 Å². The zero-order chi connectivity index (χ0) is 13.0. The first kappa shape index (κ1) is 12.9. The van der Waals surface area contributed by atoms with Crippen molar-refractivity contribution < 1.29 is 4.79 Å².